The molecule has 4 heterocycles. The van der Waals surface area contributed by atoms with Crippen LogP contribution in [0.25, 0.3) is 5.82 Å². The third-order valence-corrected chi connectivity index (χ3v) is 7.22. The average Bonchev–Trinajstić information content (AvgIpc) is 3.52. The lowest BCUT2D eigenvalue weighted by Gasteiger charge is -2.44. The Morgan fingerprint density at radius 2 is 2.11 bits per heavy atom. The molecule has 0 spiro atoms. The first-order valence-corrected chi connectivity index (χ1v) is 13.1. The van der Waals surface area contributed by atoms with Crippen LogP contribution in [0.15, 0.2) is 40.1 Å². The van der Waals surface area contributed by atoms with Crippen molar-refractivity contribution >= 4 is 51.2 Å². The number of methoxy groups -OCH3 is 1. The molecular weight excluding hydrogens is 606 g/mol. The van der Waals surface area contributed by atoms with Gasteiger partial charge in [0.15, 0.2) is 22.8 Å². The number of ether oxygens (including phenoxy) is 4. The molecule has 3 aromatic heterocycles. The Kier molecular flexibility index (Phi) is 9.00. The van der Waals surface area contributed by atoms with Crippen molar-refractivity contribution in [2.45, 2.75) is 48.5 Å². The molecule has 0 radical (unpaired) electrons. The van der Waals surface area contributed by atoms with Crippen LogP contribution in [0.4, 0.5) is 0 Å². The van der Waals surface area contributed by atoms with Crippen LogP contribution in [-0.2, 0) is 28.5 Å². The molecule has 200 valence electrons. The lowest BCUT2D eigenvalue weighted by Crippen LogP contribution is -2.57. The van der Waals surface area contributed by atoms with Crippen LogP contribution < -0.4 is 0 Å². The Balaban J connectivity index is 1.77. The highest BCUT2D eigenvalue weighted by molar-refractivity contribution is 9.10. The number of nitriles is 1. The minimum absolute atomic E-state index is 0.186. The number of hydrogen-bond acceptors (Lipinski definition) is 12. The minimum Gasteiger partial charge on any atom is -0.463 e. The van der Waals surface area contributed by atoms with E-state index in [1.807, 2.05) is 0 Å². The van der Waals surface area contributed by atoms with Gasteiger partial charge in [0.05, 0.1) is 6.20 Å². The SMILES string of the molecule is COC1C(n2cc(-n3ccc(Cl)n3)nn2)[C@@H](OC(C)=O)C(COC(C)=O)O[C@@H]1Sc1cc(Br)cnc1C#N. The molecule has 1 aliphatic rings. The van der Waals surface area contributed by atoms with Crippen molar-refractivity contribution in [3.05, 3.63) is 46.0 Å². The second-order valence-electron chi connectivity index (χ2n) is 7.98. The summed E-state index contributed by atoms with van der Waals surface area (Å²) in [5.41, 5.74) is -0.585. The predicted octanol–water partition coefficient (Wildman–Crippen LogP) is 2.71. The maximum absolute atomic E-state index is 12.1. The van der Waals surface area contributed by atoms with Crippen molar-refractivity contribution in [1.82, 2.24) is 29.8 Å². The summed E-state index contributed by atoms with van der Waals surface area (Å²) in [5.74, 6) is -0.769. The summed E-state index contributed by atoms with van der Waals surface area (Å²) in [5, 5.41) is 22.4. The van der Waals surface area contributed by atoms with E-state index in [2.05, 4.69) is 42.4 Å². The van der Waals surface area contributed by atoms with E-state index in [4.69, 9.17) is 30.5 Å². The molecule has 0 N–H and O–H groups in total. The normalized spacial score (nSPS) is 23.0. The highest BCUT2D eigenvalue weighted by Gasteiger charge is 2.50. The first-order chi connectivity index (χ1) is 18.2. The van der Waals surface area contributed by atoms with E-state index in [0.717, 1.165) is 0 Å². The molecule has 0 aromatic carbocycles. The van der Waals surface area contributed by atoms with Crippen molar-refractivity contribution in [3.8, 4) is 11.9 Å². The van der Waals surface area contributed by atoms with Crippen LogP contribution in [0.5, 0.6) is 0 Å². The van der Waals surface area contributed by atoms with Crippen LogP contribution in [0.2, 0.25) is 5.15 Å². The van der Waals surface area contributed by atoms with E-state index in [-0.39, 0.29) is 17.5 Å². The van der Waals surface area contributed by atoms with Crippen molar-refractivity contribution < 1.29 is 28.5 Å². The molecule has 0 aliphatic carbocycles. The van der Waals surface area contributed by atoms with E-state index >= 15 is 0 Å². The van der Waals surface area contributed by atoms with Crippen molar-refractivity contribution in [2.75, 3.05) is 13.7 Å². The summed E-state index contributed by atoms with van der Waals surface area (Å²) in [6.07, 6.45) is 2.05. The first kappa shape index (κ1) is 28.0. The summed E-state index contributed by atoms with van der Waals surface area (Å²) >= 11 is 10.5. The van der Waals surface area contributed by atoms with E-state index in [9.17, 15) is 14.9 Å². The fourth-order valence-corrected chi connectivity index (χ4v) is 5.76. The fraction of sp³-hybridized carbons (Fsp3) is 0.409. The van der Waals surface area contributed by atoms with Crippen LogP contribution in [-0.4, -0.2) is 79.2 Å². The van der Waals surface area contributed by atoms with E-state index < -0.39 is 41.7 Å². The molecule has 0 amide bonds. The van der Waals surface area contributed by atoms with Gasteiger partial charge in [-0.25, -0.2) is 14.3 Å². The van der Waals surface area contributed by atoms with Gasteiger partial charge >= 0.3 is 11.9 Å². The zero-order chi connectivity index (χ0) is 27.4. The average molecular weight is 627 g/mol. The molecule has 3 aromatic rings. The molecule has 0 saturated carbocycles. The van der Waals surface area contributed by atoms with Gasteiger partial charge in [0.2, 0.25) is 0 Å². The largest absolute Gasteiger partial charge is 0.463 e. The Morgan fingerprint density at radius 3 is 2.74 bits per heavy atom. The maximum Gasteiger partial charge on any atom is 0.303 e. The van der Waals surface area contributed by atoms with Crippen LogP contribution in [0.1, 0.15) is 25.6 Å². The van der Waals surface area contributed by atoms with E-state index in [1.54, 1.807) is 24.5 Å². The number of pyridine rings is 1. The van der Waals surface area contributed by atoms with Gasteiger partial charge in [0.1, 0.15) is 36.4 Å². The highest BCUT2D eigenvalue weighted by atomic mass is 79.9. The molecule has 13 nitrogen and oxygen atoms in total. The minimum atomic E-state index is -0.986. The molecule has 1 aliphatic heterocycles. The van der Waals surface area contributed by atoms with Gasteiger partial charge in [-0.3, -0.25) is 9.59 Å². The number of aromatic nitrogens is 6. The number of rotatable bonds is 8. The van der Waals surface area contributed by atoms with Gasteiger partial charge in [-0.2, -0.15) is 10.4 Å². The summed E-state index contributed by atoms with van der Waals surface area (Å²) in [6, 6.07) is 4.60. The smallest absolute Gasteiger partial charge is 0.303 e. The van der Waals surface area contributed by atoms with Gasteiger partial charge in [0, 0.05) is 42.7 Å². The summed E-state index contributed by atoms with van der Waals surface area (Å²) in [4.78, 5) is 28.4. The Morgan fingerprint density at radius 1 is 1.32 bits per heavy atom. The number of hydrogen-bond donors (Lipinski definition) is 0. The Hall–Kier alpha value is -3.03. The van der Waals surface area contributed by atoms with Gasteiger partial charge in [0.25, 0.3) is 0 Å². The van der Waals surface area contributed by atoms with Crippen molar-refractivity contribution in [2.24, 2.45) is 0 Å². The number of carbonyl (C=O) groups excluding carboxylic acids is 2. The Labute approximate surface area is 234 Å². The molecule has 38 heavy (non-hydrogen) atoms. The first-order valence-electron chi connectivity index (χ1n) is 11.0. The number of halogens is 2. The number of thioether (sulfide) groups is 1. The lowest BCUT2D eigenvalue weighted by molar-refractivity contribution is -0.208. The van der Waals surface area contributed by atoms with E-state index in [1.165, 1.54) is 48.3 Å². The molecule has 1 saturated heterocycles. The van der Waals surface area contributed by atoms with Gasteiger partial charge in [-0.15, -0.1) is 5.10 Å². The molecule has 3 unspecified atom stereocenters. The predicted molar refractivity (Wildman–Crippen MR) is 135 cm³/mol. The number of nitrogens with zero attached hydrogens (tertiary/aromatic N) is 7. The lowest BCUT2D eigenvalue weighted by atomic mass is 9.96. The third-order valence-electron chi connectivity index (χ3n) is 5.41. The maximum atomic E-state index is 12.1. The molecule has 0 bridgehead atoms. The molecule has 1 fully saturated rings. The monoisotopic (exact) mass is 625 g/mol. The highest BCUT2D eigenvalue weighted by Crippen LogP contribution is 2.41. The molecular formula is C22H21BrClN7O6S. The van der Waals surface area contributed by atoms with Crippen LogP contribution >= 0.6 is 39.3 Å². The number of esters is 2. The van der Waals surface area contributed by atoms with Crippen molar-refractivity contribution in [3.63, 3.8) is 0 Å². The van der Waals surface area contributed by atoms with Crippen LogP contribution in [0, 0.1) is 11.3 Å². The van der Waals surface area contributed by atoms with Gasteiger partial charge in [-0.05, 0) is 28.1 Å². The molecule has 5 atom stereocenters. The standard InChI is InChI=1S/C22H21BrClN7O6S/c1-11(32)35-10-15-20(36-12(2)33)19(31-9-18(27-29-31)30-5-4-17(24)28-30)21(34-3)22(37-15)38-16-6-13(23)8-26-14(16)7-25/h4-6,8-9,15,19-22H,10H2,1-3H3/t15?,19?,20-,21?,22+/m0/s1. The third kappa shape index (κ3) is 6.33. The molecule has 16 heteroatoms. The summed E-state index contributed by atoms with van der Waals surface area (Å²) < 4.78 is 26.6. The van der Waals surface area contributed by atoms with Gasteiger partial charge in [-0.1, -0.05) is 28.6 Å². The zero-order valence-corrected chi connectivity index (χ0v) is 23.4. The second kappa shape index (κ2) is 12.2. The number of carbonyl (C=O) groups is 2. The summed E-state index contributed by atoms with van der Waals surface area (Å²) in [7, 11) is 1.47. The van der Waals surface area contributed by atoms with Crippen molar-refractivity contribution in [1.29, 1.82) is 5.26 Å². The second-order valence-corrected chi connectivity index (χ2v) is 10.4. The fourth-order valence-electron chi connectivity index (χ4n) is 3.88. The van der Waals surface area contributed by atoms with Gasteiger partial charge < -0.3 is 18.9 Å². The Bertz CT molecular complexity index is 1360. The van der Waals surface area contributed by atoms with E-state index in [0.29, 0.717) is 15.2 Å². The van der Waals surface area contributed by atoms with Crippen LogP contribution in [0.3, 0.4) is 0 Å². The quantitative estimate of drug-likeness (QED) is 0.337. The molecule has 4 rings (SSSR count). The zero-order valence-electron chi connectivity index (χ0n) is 20.2. The summed E-state index contributed by atoms with van der Waals surface area (Å²) in [6.45, 7) is 2.31. The topological polar surface area (TPSA) is 156 Å².